The van der Waals surface area contributed by atoms with Gasteiger partial charge in [0.2, 0.25) is 0 Å². The molecule has 0 bridgehead atoms. The van der Waals surface area contributed by atoms with E-state index in [0.717, 1.165) is 0 Å². The zero-order valence-electron chi connectivity index (χ0n) is 9.50. The number of benzene rings is 1. The highest BCUT2D eigenvalue weighted by Crippen LogP contribution is 2.25. The Morgan fingerprint density at radius 1 is 1.56 bits per heavy atom. The molecular weight excluding hydrogens is 209 g/mol. The number of carbonyl (C=O) groups is 1. The average Bonchev–Trinajstić information content (AvgIpc) is 2.28. The van der Waals surface area contributed by atoms with Gasteiger partial charge in [-0.25, -0.2) is 4.39 Å². The van der Waals surface area contributed by atoms with Crippen LogP contribution in [-0.2, 0) is 0 Å². The molecule has 0 aliphatic heterocycles. The Bertz CT molecular complexity index is 377. The molecule has 0 saturated heterocycles. The first-order valence-electron chi connectivity index (χ1n) is 5.15. The van der Waals surface area contributed by atoms with Crippen LogP contribution in [0, 0.1) is 0 Å². The number of hydrogen-bond acceptors (Lipinski definition) is 3. The minimum absolute atomic E-state index is 0.123. The Balaban J connectivity index is 3.11. The van der Waals surface area contributed by atoms with Crippen molar-refractivity contribution in [2.24, 2.45) is 5.73 Å². The van der Waals surface area contributed by atoms with Gasteiger partial charge in [-0.3, -0.25) is 4.79 Å². The Labute approximate surface area is 94.4 Å². The number of halogens is 1. The second kappa shape index (κ2) is 5.61. The average molecular weight is 225 g/mol. The molecule has 1 aromatic carbocycles. The van der Waals surface area contributed by atoms with E-state index < -0.39 is 6.17 Å². The topological polar surface area (TPSA) is 52.3 Å². The fraction of sp³-hybridized carbons (Fsp3) is 0.417. The third-order valence-corrected chi connectivity index (χ3v) is 2.35. The van der Waals surface area contributed by atoms with Crippen LogP contribution in [0.2, 0.25) is 0 Å². The predicted octanol–water partition coefficient (Wildman–Crippen LogP) is 2.26. The molecule has 0 heterocycles. The normalized spacial score (nSPS) is 12.2. The van der Waals surface area contributed by atoms with E-state index >= 15 is 0 Å². The van der Waals surface area contributed by atoms with E-state index in [1.54, 1.807) is 12.1 Å². The third-order valence-electron chi connectivity index (χ3n) is 2.35. The van der Waals surface area contributed by atoms with Crippen LogP contribution in [0.3, 0.4) is 0 Å². The fourth-order valence-electron chi connectivity index (χ4n) is 1.46. The van der Waals surface area contributed by atoms with Gasteiger partial charge in [0.05, 0.1) is 12.7 Å². The number of methoxy groups -OCH3 is 1. The first-order valence-corrected chi connectivity index (χ1v) is 5.15. The molecule has 1 unspecified atom stereocenters. The van der Waals surface area contributed by atoms with Gasteiger partial charge in [0.25, 0.3) is 0 Å². The lowest BCUT2D eigenvalue weighted by Crippen LogP contribution is -2.10. The molecule has 0 saturated carbocycles. The lowest BCUT2D eigenvalue weighted by Gasteiger charge is -2.10. The standard InChI is InChI=1S/C12H16FNO2/c1-8(13)9-3-4-12(16-2)10(7-9)11(15)5-6-14/h3-4,7-8H,5-6,14H2,1-2H3. The highest BCUT2D eigenvalue weighted by molar-refractivity contribution is 5.99. The first kappa shape index (κ1) is 12.6. The molecule has 4 heteroatoms. The number of carbonyl (C=O) groups excluding carboxylic acids is 1. The van der Waals surface area contributed by atoms with Crippen molar-refractivity contribution < 1.29 is 13.9 Å². The van der Waals surface area contributed by atoms with Gasteiger partial charge < -0.3 is 10.5 Å². The van der Waals surface area contributed by atoms with Gasteiger partial charge in [0, 0.05) is 6.42 Å². The third kappa shape index (κ3) is 2.79. The van der Waals surface area contributed by atoms with Gasteiger partial charge in [-0.05, 0) is 31.2 Å². The lowest BCUT2D eigenvalue weighted by atomic mass is 10.0. The van der Waals surface area contributed by atoms with Crippen LogP contribution in [-0.4, -0.2) is 19.4 Å². The molecule has 0 fully saturated rings. The van der Waals surface area contributed by atoms with Crippen molar-refractivity contribution in [3.05, 3.63) is 29.3 Å². The summed E-state index contributed by atoms with van der Waals surface area (Å²) < 4.78 is 18.2. The highest BCUT2D eigenvalue weighted by Gasteiger charge is 2.14. The maximum absolute atomic E-state index is 13.1. The zero-order valence-corrected chi connectivity index (χ0v) is 9.50. The molecule has 3 nitrogen and oxygen atoms in total. The summed E-state index contributed by atoms with van der Waals surface area (Å²) in [5, 5.41) is 0. The molecule has 1 rings (SSSR count). The number of nitrogens with two attached hydrogens (primary N) is 1. The van der Waals surface area contributed by atoms with Gasteiger partial charge in [-0.15, -0.1) is 0 Å². The van der Waals surface area contributed by atoms with Gasteiger partial charge in [0.1, 0.15) is 11.9 Å². The Kier molecular flexibility index (Phi) is 4.43. The second-order valence-corrected chi connectivity index (χ2v) is 3.54. The quantitative estimate of drug-likeness (QED) is 0.782. The maximum atomic E-state index is 13.1. The SMILES string of the molecule is COc1ccc(C(C)F)cc1C(=O)CCN. The highest BCUT2D eigenvalue weighted by atomic mass is 19.1. The van der Waals surface area contributed by atoms with Crippen LogP contribution in [0.5, 0.6) is 5.75 Å². The van der Waals surface area contributed by atoms with Crippen molar-refractivity contribution in [1.29, 1.82) is 0 Å². The lowest BCUT2D eigenvalue weighted by molar-refractivity contribution is 0.0982. The van der Waals surface area contributed by atoms with E-state index in [-0.39, 0.29) is 18.7 Å². The van der Waals surface area contributed by atoms with Crippen LogP contribution in [0.15, 0.2) is 18.2 Å². The molecule has 0 aromatic heterocycles. The van der Waals surface area contributed by atoms with Gasteiger partial charge in [0.15, 0.2) is 5.78 Å². The van der Waals surface area contributed by atoms with E-state index in [1.165, 1.54) is 20.1 Å². The molecule has 16 heavy (non-hydrogen) atoms. The van der Waals surface area contributed by atoms with Crippen LogP contribution in [0.1, 0.15) is 35.4 Å². The summed E-state index contributed by atoms with van der Waals surface area (Å²) in [6.07, 6.45) is -0.865. The van der Waals surface area contributed by atoms with Gasteiger partial charge in [-0.2, -0.15) is 0 Å². The Hall–Kier alpha value is -1.42. The fourth-order valence-corrected chi connectivity index (χ4v) is 1.46. The van der Waals surface area contributed by atoms with E-state index in [4.69, 9.17) is 10.5 Å². The summed E-state index contributed by atoms with van der Waals surface area (Å²) in [5.41, 5.74) is 6.19. The largest absolute Gasteiger partial charge is 0.496 e. The maximum Gasteiger partial charge on any atom is 0.167 e. The Morgan fingerprint density at radius 2 is 2.25 bits per heavy atom. The van der Waals surface area contributed by atoms with Crippen molar-refractivity contribution in [3.63, 3.8) is 0 Å². The number of ketones is 1. The molecule has 0 spiro atoms. The van der Waals surface area contributed by atoms with E-state index in [1.807, 2.05) is 0 Å². The summed E-state index contributed by atoms with van der Waals surface area (Å²) in [7, 11) is 1.48. The summed E-state index contributed by atoms with van der Waals surface area (Å²) in [6.45, 7) is 1.70. The first-order chi connectivity index (χ1) is 7.60. The predicted molar refractivity (Wildman–Crippen MR) is 60.5 cm³/mol. The number of ether oxygens (including phenoxy) is 1. The second-order valence-electron chi connectivity index (χ2n) is 3.54. The van der Waals surface area contributed by atoms with E-state index in [0.29, 0.717) is 16.9 Å². The Morgan fingerprint density at radius 3 is 2.75 bits per heavy atom. The number of Topliss-reactive ketones (excluding diaryl/α,β-unsaturated/α-hetero) is 1. The van der Waals surface area contributed by atoms with Crippen LogP contribution >= 0.6 is 0 Å². The van der Waals surface area contributed by atoms with Crippen molar-refractivity contribution >= 4 is 5.78 Å². The molecule has 1 atom stereocenters. The van der Waals surface area contributed by atoms with Crippen molar-refractivity contribution in [1.82, 2.24) is 0 Å². The minimum atomic E-state index is -1.10. The summed E-state index contributed by atoms with van der Waals surface area (Å²) in [4.78, 5) is 11.7. The minimum Gasteiger partial charge on any atom is -0.496 e. The number of hydrogen-bond donors (Lipinski definition) is 1. The van der Waals surface area contributed by atoms with E-state index in [9.17, 15) is 9.18 Å². The van der Waals surface area contributed by atoms with E-state index in [2.05, 4.69) is 0 Å². The monoisotopic (exact) mass is 225 g/mol. The summed E-state index contributed by atoms with van der Waals surface area (Å²) in [5.74, 6) is 0.338. The molecule has 88 valence electrons. The molecular formula is C12H16FNO2. The van der Waals surface area contributed by atoms with Crippen molar-refractivity contribution in [2.75, 3.05) is 13.7 Å². The smallest absolute Gasteiger partial charge is 0.167 e. The van der Waals surface area contributed by atoms with Crippen molar-refractivity contribution in [3.8, 4) is 5.75 Å². The molecule has 2 N–H and O–H groups in total. The molecule has 0 aliphatic carbocycles. The van der Waals surface area contributed by atoms with Gasteiger partial charge >= 0.3 is 0 Å². The number of rotatable bonds is 5. The molecule has 1 aromatic rings. The summed E-state index contributed by atoms with van der Waals surface area (Å²) in [6, 6.07) is 4.75. The zero-order chi connectivity index (χ0) is 12.1. The molecule has 0 amide bonds. The summed E-state index contributed by atoms with van der Waals surface area (Å²) >= 11 is 0. The van der Waals surface area contributed by atoms with Crippen LogP contribution < -0.4 is 10.5 Å². The molecule has 0 aliphatic rings. The number of alkyl halides is 1. The molecule has 0 radical (unpaired) electrons. The van der Waals surface area contributed by atoms with Crippen LogP contribution in [0.4, 0.5) is 4.39 Å². The van der Waals surface area contributed by atoms with Gasteiger partial charge in [-0.1, -0.05) is 6.07 Å². The van der Waals surface area contributed by atoms with Crippen molar-refractivity contribution in [2.45, 2.75) is 19.5 Å². The van der Waals surface area contributed by atoms with Crippen LogP contribution in [0.25, 0.3) is 0 Å².